The maximum Gasteiger partial charge on any atom is 0.167 e. The normalized spacial score (nSPS) is 28.9. The third-order valence-electron chi connectivity index (χ3n) is 4.59. The number of rotatable bonds is 2. The first-order valence-corrected chi connectivity index (χ1v) is 9.91. The first-order chi connectivity index (χ1) is 10.4. The van der Waals surface area contributed by atoms with Gasteiger partial charge in [0.15, 0.2) is 10.3 Å². The number of thioether (sulfide) groups is 2. The summed E-state index contributed by atoms with van der Waals surface area (Å²) in [5.74, 6) is 1.01. The van der Waals surface area contributed by atoms with E-state index < -0.39 is 0 Å². The number of aliphatic imine (C=N–C) groups is 2. The SMILES string of the molecule is C1=C(CSC2=N[C@@H]3CCCC[C@H]3N2)N2CCCCN=C2S1.Cl.Cl. The largest absolute Gasteiger partial charge is 0.360 e. The molecule has 0 unspecified atom stereocenters. The van der Waals surface area contributed by atoms with Gasteiger partial charge in [-0.1, -0.05) is 36.4 Å². The van der Waals surface area contributed by atoms with Crippen molar-refractivity contribution in [2.75, 3.05) is 18.8 Å². The Bertz CT molecular complexity index is 510. The number of amidine groups is 2. The molecule has 0 bridgehead atoms. The van der Waals surface area contributed by atoms with Gasteiger partial charge in [-0.05, 0) is 31.1 Å². The Balaban J connectivity index is 0.000000960. The fourth-order valence-electron chi connectivity index (χ4n) is 3.40. The van der Waals surface area contributed by atoms with Gasteiger partial charge in [-0.25, -0.2) is 0 Å². The average molecular weight is 395 g/mol. The number of hydrogen-bond donors (Lipinski definition) is 1. The van der Waals surface area contributed by atoms with E-state index in [1.165, 1.54) is 49.4 Å². The van der Waals surface area contributed by atoms with E-state index in [1.54, 1.807) is 11.8 Å². The maximum atomic E-state index is 4.88. The lowest BCUT2D eigenvalue weighted by Crippen LogP contribution is -2.36. The van der Waals surface area contributed by atoms with Gasteiger partial charge in [0.1, 0.15) is 0 Å². The second-order valence-corrected chi connectivity index (χ2v) is 7.88. The minimum Gasteiger partial charge on any atom is -0.360 e. The van der Waals surface area contributed by atoms with E-state index in [0.717, 1.165) is 24.0 Å². The molecule has 1 fully saturated rings. The van der Waals surface area contributed by atoms with Crippen LogP contribution < -0.4 is 5.32 Å². The van der Waals surface area contributed by atoms with Crippen LogP contribution in [0.5, 0.6) is 0 Å². The van der Waals surface area contributed by atoms with Crippen molar-refractivity contribution in [2.45, 2.75) is 50.6 Å². The Morgan fingerprint density at radius 3 is 2.96 bits per heavy atom. The Hall–Kier alpha value is -0.0400. The van der Waals surface area contributed by atoms with Crippen molar-refractivity contribution in [1.29, 1.82) is 0 Å². The third-order valence-corrected chi connectivity index (χ3v) is 6.48. The second-order valence-electron chi connectivity index (χ2n) is 6.08. The van der Waals surface area contributed by atoms with Crippen LogP contribution in [0.15, 0.2) is 21.1 Å². The summed E-state index contributed by atoms with van der Waals surface area (Å²) < 4.78 is 0. The van der Waals surface area contributed by atoms with E-state index in [0.29, 0.717) is 12.1 Å². The van der Waals surface area contributed by atoms with Crippen LogP contribution in [0.4, 0.5) is 0 Å². The summed E-state index contributed by atoms with van der Waals surface area (Å²) in [4.78, 5) is 12.0. The van der Waals surface area contributed by atoms with E-state index in [1.807, 2.05) is 11.8 Å². The molecule has 23 heavy (non-hydrogen) atoms. The number of fused-ring (bicyclic) bond motifs is 2. The van der Waals surface area contributed by atoms with Crippen LogP contribution in [0.1, 0.15) is 38.5 Å². The topological polar surface area (TPSA) is 40.0 Å². The fourth-order valence-corrected chi connectivity index (χ4v) is 5.43. The van der Waals surface area contributed by atoms with Gasteiger partial charge in [0.2, 0.25) is 0 Å². The Labute approximate surface area is 159 Å². The highest BCUT2D eigenvalue weighted by Gasteiger charge is 2.31. The molecule has 0 spiro atoms. The van der Waals surface area contributed by atoms with Gasteiger partial charge in [0.05, 0.1) is 12.1 Å². The highest BCUT2D eigenvalue weighted by atomic mass is 35.5. The molecule has 4 aliphatic rings. The monoisotopic (exact) mass is 394 g/mol. The van der Waals surface area contributed by atoms with Gasteiger partial charge in [0, 0.05) is 24.5 Å². The van der Waals surface area contributed by atoms with Crippen LogP contribution in [0.2, 0.25) is 0 Å². The quantitative estimate of drug-likeness (QED) is 0.771. The Morgan fingerprint density at radius 2 is 2.09 bits per heavy atom. The van der Waals surface area contributed by atoms with Crippen molar-refractivity contribution in [2.24, 2.45) is 9.98 Å². The lowest BCUT2D eigenvalue weighted by Gasteiger charge is -2.23. The van der Waals surface area contributed by atoms with Gasteiger partial charge in [0.25, 0.3) is 0 Å². The number of hydrogen-bond acceptors (Lipinski definition) is 6. The van der Waals surface area contributed by atoms with Gasteiger partial charge in [-0.2, -0.15) is 0 Å². The lowest BCUT2D eigenvalue weighted by atomic mass is 9.92. The first kappa shape index (κ1) is 19.3. The van der Waals surface area contributed by atoms with Crippen molar-refractivity contribution >= 4 is 58.7 Å². The zero-order valence-electron chi connectivity index (χ0n) is 13.1. The highest BCUT2D eigenvalue weighted by Crippen LogP contribution is 2.32. The molecule has 3 heterocycles. The summed E-state index contributed by atoms with van der Waals surface area (Å²) in [6.45, 7) is 2.12. The molecule has 1 aliphatic carbocycles. The molecule has 3 aliphatic heterocycles. The molecule has 4 nitrogen and oxygen atoms in total. The molecule has 0 amide bonds. The molecule has 0 saturated heterocycles. The summed E-state index contributed by atoms with van der Waals surface area (Å²) in [6, 6.07) is 1.16. The van der Waals surface area contributed by atoms with E-state index in [2.05, 4.69) is 20.6 Å². The molecule has 8 heteroatoms. The smallest absolute Gasteiger partial charge is 0.167 e. The highest BCUT2D eigenvalue weighted by molar-refractivity contribution is 8.17. The van der Waals surface area contributed by atoms with Crippen LogP contribution in [-0.4, -0.2) is 46.2 Å². The molecule has 0 aromatic heterocycles. The van der Waals surface area contributed by atoms with Crippen LogP contribution in [-0.2, 0) is 0 Å². The van der Waals surface area contributed by atoms with Crippen LogP contribution in [0, 0.1) is 0 Å². The maximum absolute atomic E-state index is 4.88. The summed E-state index contributed by atoms with van der Waals surface area (Å²) in [7, 11) is 0. The van der Waals surface area contributed by atoms with Gasteiger partial charge >= 0.3 is 0 Å². The molecule has 1 saturated carbocycles. The third kappa shape index (κ3) is 4.33. The number of nitrogens with one attached hydrogen (secondary N) is 1. The van der Waals surface area contributed by atoms with Crippen molar-refractivity contribution < 1.29 is 0 Å². The zero-order valence-corrected chi connectivity index (χ0v) is 16.3. The molecule has 4 rings (SSSR count). The molecule has 0 aromatic carbocycles. The molecule has 2 atom stereocenters. The van der Waals surface area contributed by atoms with Gasteiger partial charge in [-0.3, -0.25) is 9.98 Å². The number of halogens is 2. The Morgan fingerprint density at radius 1 is 1.22 bits per heavy atom. The zero-order chi connectivity index (χ0) is 14.1. The molecule has 130 valence electrons. The predicted molar refractivity (Wildman–Crippen MR) is 107 cm³/mol. The van der Waals surface area contributed by atoms with Crippen molar-refractivity contribution in [3.05, 3.63) is 11.1 Å². The Kier molecular flexibility index (Phi) is 7.45. The lowest BCUT2D eigenvalue weighted by molar-refractivity contribution is 0.385. The minimum absolute atomic E-state index is 0. The molecule has 1 N–H and O–H groups in total. The van der Waals surface area contributed by atoms with Crippen LogP contribution in [0.3, 0.4) is 0 Å². The van der Waals surface area contributed by atoms with E-state index >= 15 is 0 Å². The molecule has 0 radical (unpaired) electrons. The van der Waals surface area contributed by atoms with Gasteiger partial charge in [-0.15, -0.1) is 24.8 Å². The molecular weight excluding hydrogens is 371 g/mol. The summed E-state index contributed by atoms with van der Waals surface area (Å²) in [5, 5.41) is 8.28. The first-order valence-electron chi connectivity index (χ1n) is 8.05. The average Bonchev–Trinajstić information content (AvgIpc) is 3.01. The summed E-state index contributed by atoms with van der Waals surface area (Å²) >= 11 is 3.66. The van der Waals surface area contributed by atoms with Gasteiger partial charge < -0.3 is 10.2 Å². The molecular formula is C15H24Cl2N4S2. The van der Waals surface area contributed by atoms with Crippen molar-refractivity contribution in [3.8, 4) is 0 Å². The fraction of sp³-hybridized carbons (Fsp3) is 0.733. The summed E-state index contributed by atoms with van der Waals surface area (Å²) in [6.07, 6.45) is 7.73. The minimum atomic E-state index is 0. The van der Waals surface area contributed by atoms with E-state index in [4.69, 9.17) is 4.99 Å². The summed E-state index contributed by atoms with van der Waals surface area (Å²) in [5.41, 5.74) is 1.41. The standard InChI is InChI=1S/C15H22N4S2.2ClH/c1-2-6-13-12(5-1)17-14(18-13)20-9-11-10-21-15-16-7-3-4-8-19(11)15;;/h10,12-13H,1-9H2,(H,17,18);2*1H/t12-,13-;;/m1../s1. The van der Waals surface area contributed by atoms with Crippen LogP contribution >= 0.6 is 48.3 Å². The van der Waals surface area contributed by atoms with E-state index in [-0.39, 0.29) is 24.8 Å². The molecule has 0 aromatic rings. The second kappa shape index (κ2) is 8.88. The van der Waals surface area contributed by atoms with Crippen molar-refractivity contribution in [3.63, 3.8) is 0 Å². The number of nitrogens with zero attached hydrogens (tertiary/aromatic N) is 3. The predicted octanol–water partition coefficient (Wildman–Crippen LogP) is 3.87. The van der Waals surface area contributed by atoms with Crippen molar-refractivity contribution in [1.82, 2.24) is 10.2 Å². The van der Waals surface area contributed by atoms with Crippen LogP contribution in [0.25, 0.3) is 0 Å². The van der Waals surface area contributed by atoms with E-state index in [9.17, 15) is 0 Å².